The van der Waals surface area contributed by atoms with Gasteiger partial charge in [0.05, 0.1) is 5.56 Å². The smallest absolute Gasteiger partial charge is 0.255 e. The van der Waals surface area contributed by atoms with Gasteiger partial charge in [0.25, 0.3) is 5.91 Å². The molecule has 0 saturated carbocycles. The second-order valence-corrected chi connectivity index (χ2v) is 3.70. The number of pyridine rings is 1. The number of carbonyl (C=O) groups excluding carboxylic acids is 2. The molecule has 0 radical (unpaired) electrons. The molecule has 0 saturated heterocycles. The Balaban J connectivity index is 2.34. The van der Waals surface area contributed by atoms with E-state index in [0.717, 1.165) is 6.42 Å². The number of carbonyl (C=O) groups is 2. The van der Waals surface area contributed by atoms with Crippen LogP contribution in [0.3, 0.4) is 0 Å². The van der Waals surface area contributed by atoms with Gasteiger partial charge < -0.3 is 10.6 Å². The Labute approximate surface area is 105 Å². The molecule has 18 heavy (non-hydrogen) atoms. The zero-order valence-electron chi connectivity index (χ0n) is 10.2. The quantitative estimate of drug-likeness (QED) is 0.739. The summed E-state index contributed by atoms with van der Waals surface area (Å²) in [6.45, 7) is 2.74. The molecule has 1 heterocycles. The molecule has 0 aliphatic carbocycles. The summed E-state index contributed by atoms with van der Waals surface area (Å²) in [4.78, 5) is 26.2. The van der Waals surface area contributed by atoms with Crippen LogP contribution < -0.4 is 10.6 Å². The third-order valence-electron chi connectivity index (χ3n) is 2.21. The fourth-order valence-electron chi connectivity index (χ4n) is 1.29. The van der Waals surface area contributed by atoms with Crippen molar-refractivity contribution in [2.45, 2.75) is 19.8 Å². The van der Waals surface area contributed by atoms with Crippen LogP contribution in [0.2, 0.25) is 0 Å². The fourth-order valence-corrected chi connectivity index (χ4v) is 1.29. The number of amides is 2. The van der Waals surface area contributed by atoms with Gasteiger partial charge in [-0.3, -0.25) is 9.59 Å². The fraction of sp³-hybridized carbons (Fsp3) is 0.417. The van der Waals surface area contributed by atoms with Gasteiger partial charge in [0.1, 0.15) is 0 Å². The molecule has 1 rings (SSSR count). The van der Waals surface area contributed by atoms with E-state index in [1.54, 1.807) is 0 Å². The average Bonchev–Trinajstić information content (AvgIpc) is 2.36. The van der Waals surface area contributed by atoms with Gasteiger partial charge in [0.2, 0.25) is 11.9 Å². The van der Waals surface area contributed by atoms with E-state index in [9.17, 15) is 14.0 Å². The Bertz CT molecular complexity index is 424. The number of hydrogen-bond acceptors (Lipinski definition) is 3. The van der Waals surface area contributed by atoms with Crippen LogP contribution in [0.25, 0.3) is 0 Å². The molecule has 0 aliphatic rings. The molecule has 0 unspecified atom stereocenters. The van der Waals surface area contributed by atoms with Crippen LogP contribution in [0.5, 0.6) is 0 Å². The number of rotatable bonds is 6. The molecule has 98 valence electrons. The van der Waals surface area contributed by atoms with E-state index in [2.05, 4.69) is 15.6 Å². The van der Waals surface area contributed by atoms with Gasteiger partial charge in [0, 0.05) is 25.7 Å². The van der Waals surface area contributed by atoms with Gasteiger partial charge in [-0.1, -0.05) is 6.92 Å². The first-order valence-electron chi connectivity index (χ1n) is 5.80. The summed E-state index contributed by atoms with van der Waals surface area (Å²) in [6, 6.07) is 2.82. The molecule has 0 spiro atoms. The number of nitrogens with zero attached hydrogens (tertiary/aromatic N) is 1. The largest absolute Gasteiger partial charge is 0.356 e. The Morgan fingerprint density at radius 2 is 2.11 bits per heavy atom. The highest BCUT2D eigenvalue weighted by atomic mass is 19.1. The highest BCUT2D eigenvalue weighted by molar-refractivity contribution is 5.94. The van der Waals surface area contributed by atoms with Gasteiger partial charge in [0.15, 0.2) is 0 Å². The SMILES string of the molecule is CCCNC(=O)CCNC(=O)c1cccnc1F. The summed E-state index contributed by atoms with van der Waals surface area (Å²) in [5, 5.41) is 5.15. The summed E-state index contributed by atoms with van der Waals surface area (Å²) in [5.74, 6) is -1.52. The molecule has 0 bridgehead atoms. The lowest BCUT2D eigenvalue weighted by molar-refractivity contribution is -0.120. The van der Waals surface area contributed by atoms with Crippen molar-refractivity contribution in [2.24, 2.45) is 0 Å². The van der Waals surface area contributed by atoms with E-state index in [-0.39, 0.29) is 24.4 Å². The number of halogens is 1. The minimum absolute atomic E-state index is 0.119. The molecule has 0 fully saturated rings. The van der Waals surface area contributed by atoms with Crippen LogP contribution >= 0.6 is 0 Å². The Morgan fingerprint density at radius 3 is 2.78 bits per heavy atom. The molecule has 1 aromatic rings. The van der Waals surface area contributed by atoms with Crippen LogP contribution in [0.4, 0.5) is 4.39 Å². The first kappa shape index (κ1) is 14.1. The summed E-state index contributed by atoms with van der Waals surface area (Å²) >= 11 is 0. The molecule has 0 aliphatic heterocycles. The predicted molar refractivity (Wildman–Crippen MR) is 64.4 cm³/mol. The van der Waals surface area contributed by atoms with E-state index in [1.165, 1.54) is 18.3 Å². The van der Waals surface area contributed by atoms with Crippen molar-refractivity contribution in [3.05, 3.63) is 29.8 Å². The zero-order chi connectivity index (χ0) is 13.4. The van der Waals surface area contributed by atoms with Crippen molar-refractivity contribution >= 4 is 11.8 Å². The number of nitrogens with one attached hydrogen (secondary N) is 2. The average molecular weight is 253 g/mol. The van der Waals surface area contributed by atoms with Crippen LogP contribution in [-0.4, -0.2) is 29.9 Å². The Morgan fingerprint density at radius 1 is 1.33 bits per heavy atom. The lowest BCUT2D eigenvalue weighted by atomic mass is 10.2. The van der Waals surface area contributed by atoms with Gasteiger partial charge in [-0.25, -0.2) is 4.98 Å². The van der Waals surface area contributed by atoms with Crippen LogP contribution in [0.15, 0.2) is 18.3 Å². The standard InChI is InChI=1S/C12H16FN3O2/c1-2-6-14-10(17)5-8-16-12(18)9-4-3-7-15-11(9)13/h3-4,7H,2,5-6,8H2,1H3,(H,14,17)(H,16,18). The molecule has 5 nitrogen and oxygen atoms in total. The lowest BCUT2D eigenvalue weighted by Gasteiger charge is -2.06. The lowest BCUT2D eigenvalue weighted by Crippen LogP contribution is -2.31. The molecule has 0 aromatic carbocycles. The first-order valence-corrected chi connectivity index (χ1v) is 5.80. The Kier molecular flexibility index (Phi) is 5.76. The topological polar surface area (TPSA) is 71.1 Å². The summed E-state index contributed by atoms with van der Waals surface area (Å²) in [7, 11) is 0. The molecule has 0 atom stereocenters. The normalized spacial score (nSPS) is 9.89. The molecule has 1 aromatic heterocycles. The van der Waals surface area contributed by atoms with Gasteiger partial charge in [-0.15, -0.1) is 0 Å². The van der Waals surface area contributed by atoms with Gasteiger partial charge >= 0.3 is 0 Å². The number of hydrogen-bond donors (Lipinski definition) is 2. The second-order valence-electron chi connectivity index (χ2n) is 3.70. The highest BCUT2D eigenvalue weighted by Gasteiger charge is 2.11. The second kappa shape index (κ2) is 7.37. The highest BCUT2D eigenvalue weighted by Crippen LogP contribution is 2.02. The van der Waals surface area contributed by atoms with Gasteiger partial charge in [-0.2, -0.15) is 4.39 Å². The third kappa shape index (κ3) is 4.48. The molecule has 2 amide bonds. The van der Waals surface area contributed by atoms with E-state index in [1.807, 2.05) is 6.92 Å². The zero-order valence-corrected chi connectivity index (χ0v) is 10.2. The van der Waals surface area contributed by atoms with E-state index in [4.69, 9.17) is 0 Å². The van der Waals surface area contributed by atoms with Crippen molar-refractivity contribution in [1.82, 2.24) is 15.6 Å². The van der Waals surface area contributed by atoms with Crippen molar-refractivity contribution in [1.29, 1.82) is 0 Å². The summed E-state index contributed by atoms with van der Waals surface area (Å²) in [6.07, 6.45) is 2.30. The Hall–Kier alpha value is -1.98. The van der Waals surface area contributed by atoms with E-state index < -0.39 is 11.9 Å². The maximum atomic E-state index is 13.1. The third-order valence-corrected chi connectivity index (χ3v) is 2.21. The first-order chi connectivity index (χ1) is 8.65. The maximum Gasteiger partial charge on any atom is 0.255 e. The van der Waals surface area contributed by atoms with Crippen molar-refractivity contribution < 1.29 is 14.0 Å². The predicted octanol–water partition coefficient (Wildman–Crippen LogP) is 0.867. The van der Waals surface area contributed by atoms with Crippen LogP contribution in [0.1, 0.15) is 30.1 Å². The minimum atomic E-state index is -0.814. The van der Waals surface area contributed by atoms with Crippen LogP contribution in [0, 0.1) is 5.95 Å². The summed E-state index contributed by atoms with van der Waals surface area (Å²) < 4.78 is 13.1. The summed E-state index contributed by atoms with van der Waals surface area (Å²) in [5.41, 5.74) is -0.119. The maximum absolute atomic E-state index is 13.1. The molecular formula is C12H16FN3O2. The van der Waals surface area contributed by atoms with Crippen molar-refractivity contribution in [3.63, 3.8) is 0 Å². The van der Waals surface area contributed by atoms with Crippen molar-refractivity contribution in [2.75, 3.05) is 13.1 Å². The van der Waals surface area contributed by atoms with Gasteiger partial charge in [-0.05, 0) is 18.6 Å². The van der Waals surface area contributed by atoms with Crippen LogP contribution in [-0.2, 0) is 4.79 Å². The molecule has 6 heteroatoms. The molecular weight excluding hydrogens is 237 g/mol. The van der Waals surface area contributed by atoms with E-state index >= 15 is 0 Å². The van der Waals surface area contributed by atoms with Crippen molar-refractivity contribution in [3.8, 4) is 0 Å². The monoisotopic (exact) mass is 253 g/mol. The number of aromatic nitrogens is 1. The van der Waals surface area contributed by atoms with E-state index in [0.29, 0.717) is 6.54 Å². The minimum Gasteiger partial charge on any atom is -0.356 e. The molecule has 2 N–H and O–H groups in total.